The van der Waals surface area contributed by atoms with Crippen molar-refractivity contribution in [1.82, 2.24) is 9.88 Å². The monoisotopic (exact) mass is 421 g/mol. The van der Waals surface area contributed by atoms with Gasteiger partial charge in [0.1, 0.15) is 11.3 Å². The van der Waals surface area contributed by atoms with E-state index in [9.17, 15) is 13.6 Å². The van der Waals surface area contributed by atoms with Gasteiger partial charge in [0.2, 0.25) is 0 Å². The number of carbonyl (C=O) groups excluding carboxylic acids is 1. The predicted molar refractivity (Wildman–Crippen MR) is 113 cm³/mol. The Bertz CT molecular complexity index is 991. The number of thiazole rings is 1. The number of hydrogen-bond donors (Lipinski definition) is 0. The van der Waals surface area contributed by atoms with Crippen molar-refractivity contribution in [1.29, 1.82) is 0 Å². The summed E-state index contributed by atoms with van der Waals surface area (Å²) < 4.78 is 28.0. The molecule has 0 N–H and O–H groups in total. The zero-order chi connectivity index (χ0) is 20.3. The highest BCUT2D eigenvalue weighted by atomic mass is 32.2. The van der Waals surface area contributed by atoms with Crippen LogP contribution >= 0.6 is 23.1 Å². The topological polar surface area (TPSA) is 36.4 Å². The molecule has 0 aliphatic carbocycles. The number of nitrogens with zero attached hydrogens (tertiary/aromatic N) is 3. The standard InChI is InChI=1S/C20H21F2N3OS2/c1-24(2)8-5-9-25(19(26)13-6-4-7-15(10-13)27-3)20-23-18-16(22)11-14(21)12-17(18)28-20/h4,6-7,10-12H,5,8-9H2,1-3H3. The third kappa shape index (κ3) is 4.68. The lowest BCUT2D eigenvalue weighted by molar-refractivity contribution is 0.0986. The van der Waals surface area contributed by atoms with Crippen molar-refractivity contribution in [3.05, 3.63) is 53.6 Å². The Kier molecular flexibility index (Phi) is 6.64. The van der Waals surface area contributed by atoms with Crippen LogP contribution in [-0.4, -0.2) is 49.2 Å². The normalized spacial score (nSPS) is 11.4. The third-order valence-corrected chi connectivity index (χ3v) is 5.93. The quantitative estimate of drug-likeness (QED) is 0.509. The highest BCUT2D eigenvalue weighted by molar-refractivity contribution is 7.98. The second-order valence-corrected chi connectivity index (χ2v) is 8.47. The number of amides is 1. The number of carbonyl (C=O) groups is 1. The van der Waals surface area contributed by atoms with E-state index in [0.29, 0.717) is 21.9 Å². The minimum atomic E-state index is -0.720. The lowest BCUT2D eigenvalue weighted by Crippen LogP contribution is -2.33. The molecule has 0 saturated heterocycles. The Morgan fingerprint density at radius 3 is 2.68 bits per heavy atom. The molecule has 0 radical (unpaired) electrons. The number of fused-ring (bicyclic) bond motifs is 1. The van der Waals surface area contributed by atoms with Gasteiger partial charge in [0.15, 0.2) is 10.9 Å². The van der Waals surface area contributed by atoms with Crippen LogP contribution < -0.4 is 4.90 Å². The van der Waals surface area contributed by atoms with E-state index in [1.54, 1.807) is 22.7 Å². The van der Waals surface area contributed by atoms with Crippen molar-refractivity contribution >= 4 is 44.4 Å². The zero-order valence-corrected chi connectivity index (χ0v) is 17.5. The molecule has 3 rings (SSSR count). The van der Waals surface area contributed by atoms with Crippen LogP contribution in [-0.2, 0) is 0 Å². The molecule has 0 fully saturated rings. The van der Waals surface area contributed by atoms with Gasteiger partial charge in [0.25, 0.3) is 5.91 Å². The molecule has 1 aromatic heterocycles. The fourth-order valence-corrected chi connectivity index (χ4v) is 4.29. The maximum atomic E-state index is 14.1. The van der Waals surface area contributed by atoms with Gasteiger partial charge in [-0.2, -0.15) is 0 Å². The van der Waals surface area contributed by atoms with Crippen LogP contribution in [0.3, 0.4) is 0 Å². The summed E-state index contributed by atoms with van der Waals surface area (Å²) in [5.41, 5.74) is 0.632. The number of aromatic nitrogens is 1. The Morgan fingerprint density at radius 1 is 1.18 bits per heavy atom. The minimum absolute atomic E-state index is 0.0877. The first-order valence-corrected chi connectivity index (χ1v) is 10.8. The Hall–Kier alpha value is -2.03. The van der Waals surface area contributed by atoms with E-state index in [-0.39, 0.29) is 11.4 Å². The maximum Gasteiger partial charge on any atom is 0.260 e. The van der Waals surface area contributed by atoms with Gasteiger partial charge < -0.3 is 4.90 Å². The molecule has 0 aliphatic rings. The van der Waals surface area contributed by atoms with E-state index in [0.717, 1.165) is 35.3 Å². The lowest BCUT2D eigenvalue weighted by atomic mass is 10.2. The molecule has 0 bridgehead atoms. The molecule has 8 heteroatoms. The number of thioether (sulfide) groups is 1. The third-order valence-electron chi connectivity index (χ3n) is 4.18. The summed E-state index contributed by atoms with van der Waals surface area (Å²) in [6.45, 7) is 1.23. The fourth-order valence-electron chi connectivity index (χ4n) is 2.80. The van der Waals surface area contributed by atoms with Crippen molar-refractivity contribution in [2.24, 2.45) is 0 Å². The summed E-state index contributed by atoms with van der Waals surface area (Å²) >= 11 is 2.68. The number of rotatable bonds is 7. The van der Waals surface area contributed by atoms with E-state index in [1.807, 2.05) is 43.5 Å². The number of anilines is 1. The first kappa shape index (κ1) is 20.7. The van der Waals surface area contributed by atoms with Crippen LogP contribution in [0.5, 0.6) is 0 Å². The van der Waals surface area contributed by atoms with Gasteiger partial charge in [-0.1, -0.05) is 17.4 Å². The highest BCUT2D eigenvalue weighted by Gasteiger charge is 2.22. The van der Waals surface area contributed by atoms with Crippen molar-refractivity contribution in [2.45, 2.75) is 11.3 Å². The molecule has 0 atom stereocenters. The summed E-state index contributed by atoms with van der Waals surface area (Å²) in [5.74, 6) is -1.57. The highest BCUT2D eigenvalue weighted by Crippen LogP contribution is 2.32. The summed E-state index contributed by atoms with van der Waals surface area (Å²) in [4.78, 5) is 22.1. The molecule has 28 heavy (non-hydrogen) atoms. The summed E-state index contributed by atoms with van der Waals surface area (Å²) in [6, 6.07) is 9.43. The number of halogens is 2. The van der Waals surface area contributed by atoms with Crippen molar-refractivity contribution in [3.8, 4) is 0 Å². The first-order valence-electron chi connectivity index (χ1n) is 8.75. The number of hydrogen-bond acceptors (Lipinski definition) is 5. The van der Waals surface area contributed by atoms with Gasteiger partial charge in [0.05, 0.1) is 4.70 Å². The van der Waals surface area contributed by atoms with Crippen molar-refractivity contribution in [3.63, 3.8) is 0 Å². The van der Waals surface area contributed by atoms with Crippen LogP contribution in [0, 0.1) is 11.6 Å². The number of benzene rings is 2. The minimum Gasteiger partial charge on any atom is -0.309 e. The summed E-state index contributed by atoms with van der Waals surface area (Å²) in [7, 11) is 3.92. The Morgan fingerprint density at radius 2 is 1.96 bits per heavy atom. The van der Waals surface area contributed by atoms with Gasteiger partial charge in [-0.15, -0.1) is 11.8 Å². The van der Waals surface area contributed by atoms with E-state index in [2.05, 4.69) is 4.98 Å². The largest absolute Gasteiger partial charge is 0.309 e. The predicted octanol–water partition coefficient (Wildman–Crippen LogP) is 4.89. The average Bonchev–Trinajstić information content (AvgIpc) is 3.08. The van der Waals surface area contributed by atoms with Crippen molar-refractivity contribution < 1.29 is 13.6 Å². The van der Waals surface area contributed by atoms with Crippen molar-refractivity contribution in [2.75, 3.05) is 38.3 Å². The Labute approximate surface area is 171 Å². The maximum absolute atomic E-state index is 14.1. The molecule has 1 amide bonds. The SMILES string of the molecule is CSc1cccc(C(=O)N(CCCN(C)C)c2nc3c(F)cc(F)cc3s2)c1. The molecule has 0 aliphatic heterocycles. The lowest BCUT2D eigenvalue weighted by Gasteiger charge is -2.21. The van der Waals surface area contributed by atoms with Crippen LogP contribution in [0.15, 0.2) is 41.3 Å². The molecule has 148 valence electrons. The van der Waals surface area contributed by atoms with Gasteiger partial charge in [-0.05, 0) is 57.6 Å². The average molecular weight is 422 g/mol. The molecule has 0 spiro atoms. The smallest absolute Gasteiger partial charge is 0.260 e. The summed E-state index contributed by atoms with van der Waals surface area (Å²) in [6.07, 6.45) is 2.68. The van der Waals surface area contributed by atoms with E-state index < -0.39 is 11.6 Å². The molecule has 0 unspecified atom stereocenters. The molecular formula is C20H21F2N3OS2. The zero-order valence-electron chi connectivity index (χ0n) is 15.9. The fraction of sp³-hybridized carbons (Fsp3) is 0.300. The van der Waals surface area contributed by atoms with Gasteiger partial charge in [-0.3, -0.25) is 9.69 Å². The molecule has 1 heterocycles. The second kappa shape index (κ2) is 8.98. The Balaban J connectivity index is 1.98. The van der Waals surface area contributed by atoms with Gasteiger partial charge in [-0.25, -0.2) is 13.8 Å². The molecule has 4 nitrogen and oxygen atoms in total. The van der Waals surface area contributed by atoms with Crippen LogP contribution in [0.1, 0.15) is 16.8 Å². The van der Waals surface area contributed by atoms with Crippen LogP contribution in [0.4, 0.5) is 13.9 Å². The second-order valence-electron chi connectivity index (χ2n) is 6.58. The molecule has 2 aromatic carbocycles. The molecule has 3 aromatic rings. The first-order chi connectivity index (χ1) is 13.4. The van der Waals surface area contributed by atoms with E-state index >= 15 is 0 Å². The van der Waals surface area contributed by atoms with E-state index in [1.165, 1.54) is 6.07 Å². The molecular weight excluding hydrogens is 400 g/mol. The van der Waals surface area contributed by atoms with E-state index in [4.69, 9.17) is 0 Å². The summed E-state index contributed by atoms with van der Waals surface area (Å²) in [5, 5.41) is 0.373. The van der Waals surface area contributed by atoms with Gasteiger partial charge >= 0.3 is 0 Å². The van der Waals surface area contributed by atoms with Crippen LogP contribution in [0.2, 0.25) is 0 Å². The van der Waals surface area contributed by atoms with Crippen LogP contribution in [0.25, 0.3) is 10.2 Å². The van der Waals surface area contributed by atoms with Gasteiger partial charge in [0, 0.05) is 23.1 Å². The molecule has 0 saturated carbocycles.